The Labute approximate surface area is 133 Å². The summed E-state index contributed by atoms with van der Waals surface area (Å²) in [6.45, 7) is 12.5. The van der Waals surface area contributed by atoms with Crippen molar-refractivity contribution in [1.29, 1.82) is 0 Å². The highest BCUT2D eigenvalue weighted by Crippen LogP contribution is 1.97. The first kappa shape index (κ1) is 21.7. The van der Waals surface area contributed by atoms with Gasteiger partial charge in [0.2, 0.25) is 5.91 Å². The zero-order valence-electron chi connectivity index (χ0n) is 13.2. The van der Waals surface area contributed by atoms with Crippen LogP contribution in [0.2, 0.25) is 0 Å². The smallest absolute Gasteiger partial charge is 0.330 e. The minimum absolute atomic E-state index is 0.330. The number of primary amides is 1. The van der Waals surface area contributed by atoms with E-state index in [9.17, 15) is 9.59 Å². The fourth-order valence-corrected chi connectivity index (χ4v) is 0.965. The molecule has 0 aliphatic carbocycles. The summed E-state index contributed by atoms with van der Waals surface area (Å²) >= 11 is 0. The van der Waals surface area contributed by atoms with Crippen molar-refractivity contribution in [3.05, 3.63) is 67.8 Å². The van der Waals surface area contributed by atoms with Gasteiger partial charge in [0.15, 0.2) is 0 Å². The van der Waals surface area contributed by atoms with E-state index in [2.05, 4.69) is 30.2 Å². The molecule has 1 rings (SSSR count). The van der Waals surface area contributed by atoms with E-state index in [1.54, 1.807) is 0 Å². The van der Waals surface area contributed by atoms with Gasteiger partial charge in [-0.2, -0.15) is 0 Å². The van der Waals surface area contributed by atoms with Gasteiger partial charge in [0, 0.05) is 6.08 Å². The Morgan fingerprint density at radius 1 is 1.14 bits per heavy atom. The van der Waals surface area contributed by atoms with Crippen LogP contribution in [0.1, 0.15) is 25.3 Å². The molecule has 0 bridgehead atoms. The summed E-state index contributed by atoms with van der Waals surface area (Å²) in [5, 5.41) is 0. The van der Waals surface area contributed by atoms with Crippen LogP contribution in [0.5, 0.6) is 0 Å². The number of carbonyl (C=O) groups excluding carboxylic acids is 2. The molecule has 0 atom stereocenters. The number of carbonyl (C=O) groups is 2. The molecule has 1 aromatic rings. The number of hydrogen-bond acceptors (Lipinski definition) is 3. The Kier molecular flexibility index (Phi) is 16.2. The molecule has 0 aliphatic rings. The molecule has 0 fully saturated rings. The van der Waals surface area contributed by atoms with Gasteiger partial charge in [0.1, 0.15) is 0 Å². The second kappa shape index (κ2) is 16.4. The summed E-state index contributed by atoms with van der Waals surface area (Å²) < 4.78 is 4.67. The van der Waals surface area contributed by atoms with Crippen molar-refractivity contribution in [3.63, 3.8) is 0 Å². The Balaban J connectivity index is 0. The van der Waals surface area contributed by atoms with Gasteiger partial charge in [-0.3, -0.25) is 4.79 Å². The molecule has 1 aromatic carbocycles. The number of benzene rings is 1. The third kappa shape index (κ3) is 17.4. The minimum atomic E-state index is -0.481. The molecule has 4 heteroatoms. The molecule has 0 heterocycles. The van der Waals surface area contributed by atoms with Crippen LogP contribution in [-0.2, 0) is 14.3 Å². The molecule has 0 unspecified atom stereocenters. The van der Waals surface area contributed by atoms with Gasteiger partial charge in [-0.1, -0.05) is 69.5 Å². The number of hydrogen-bond donors (Lipinski definition) is 1. The van der Waals surface area contributed by atoms with Crippen LogP contribution in [-0.4, -0.2) is 18.5 Å². The van der Waals surface area contributed by atoms with Crippen LogP contribution in [0.4, 0.5) is 0 Å². The van der Waals surface area contributed by atoms with Gasteiger partial charge in [0.05, 0.1) is 6.61 Å². The molecule has 120 valence electrons. The van der Waals surface area contributed by atoms with Crippen LogP contribution in [0.3, 0.4) is 0 Å². The van der Waals surface area contributed by atoms with Crippen LogP contribution >= 0.6 is 0 Å². The van der Waals surface area contributed by atoms with Crippen molar-refractivity contribution in [2.45, 2.75) is 19.8 Å². The van der Waals surface area contributed by atoms with Gasteiger partial charge in [-0.05, 0) is 18.1 Å². The number of esters is 1. The van der Waals surface area contributed by atoms with Crippen molar-refractivity contribution in [1.82, 2.24) is 0 Å². The first-order valence-electron chi connectivity index (χ1n) is 6.90. The van der Waals surface area contributed by atoms with Crippen molar-refractivity contribution in [3.8, 4) is 0 Å². The standard InChI is InChI=1S/C8H8.C7H12O2.C3H5NO/c1-2-8-6-4-3-5-7-8;1-3-5-6-9-7(8)4-2;1-2-3(4)5/h2-7H,1H2;4H,2-3,5-6H2,1H3;2H,1H2,(H2,4,5). The summed E-state index contributed by atoms with van der Waals surface area (Å²) in [6, 6.07) is 10.0. The van der Waals surface area contributed by atoms with E-state index in [1.165, 1.54) is 11.6 Å². The van der Waals surface area contributed by atoms with Crippen LogP contribution in [0, 0.1) is 0 Å². The lowest BCUT2D eigenvalue weighted by molar-refractivity contribution is -0.137. The Morgan fingerprint density at radius 3 is 2.00 bits per heavy atom. The van der Waals surface area contributed by atoms with Gasteiger partial charge in [-0.25, -0.2) is 4.79 Å². The summed E-state index contributed by atoms with van der Waals surface area (Å²) in [7, 11) is 0. The average molecular weight is 303 g/mol. The van der Waals surface area contributed by atoms with Crippen molar-refractivity contribution in [2.75, 3.05) is 6.61 Å². The Morgan fingerprint density at radius 2 is 1.68 bits per heavy atom. The number of rotatable bonds is 6. The minimum Gasteiger partial charge on any atom is -0.463 e. The monoisotopic (exact) mass is 303 g/mol. The number of nitrogens with two attached hydrogens (primary N) is 1. The fraction of sp³-hybridized carbons (Fsp3) is 0.222. The topological polar surface area (TPSA) is 69.4 Å². The summed E-state index contributed by atoms with van der Waals surface area (Å²) in [5.41, 5.74) is 5.71. The lowest BCUT2D eigenvalue weighted by atomic mass is 10.2. The second-order valence-electron chi connectivity index (χ2n) is 3.95. The normalized spacial score (nSPS) is 8.05. The molecule has 0 saturated carbocycles. The predicted molar refractivity (Wildman–Crippen MR) is 92.0 cm³/mol. The van der Waals surface area contributed by atoms with Crippen LogP contribution in [0.15, 0.2) is 62.2 Å². The van der Waals surface area contributed by atoms with E-state index < -0.39 is 5.91 Å². The third-order valence-corrected chi connectivity index (χ3v) is 2.15. The number of amides is 1. The summed E-state index contributed by atoms with van der Waals surface area (Å²) in [5.74, 6) is -0.812. The maximum atomic E-state index is 10.3. The lowest BCUT2D eigenvalue weighted by Gasteiger charge is -1.97. The molecule has 4 nitrogen and oxygen atoms in total. The molecular formula is C18H25NO3. The van der Waals surface area contributed by atoms with Crippen LogP contribution < -0.4 is 5.73 Å². The Bertz CT molecular complexity index is 453. The Hall–Kier alpha value is -2.62. The van der Waals surface area contributed by atoms with Crippen LogP contribution in [0.25, 0.3) is 6.08 Å². The SMILES string of the molecule is C=CC(=O)OCCCC.C=CC(N)=O.C=Cc1ccccc1. The number of unbranched alkanes of at least 4 members (excludes halogenated alkanes) is 1. The van der Waals surface area contributed by atoms with Crippen molar-refractivity contribution in [2.24, 2.45) is 5.73 Å². The molecule has 0 aromatic heterocycles. The molecule has 0 aliphatic heterocycles. The molecule has 1 amide bonds. The molecular weight excluding hydrogens is 278 g/mol. The molecule has 0 spiro atoms. The molecule has 22 heavy (non-hydrogen) atoms. The van der Waals surface area contributed by atoms with Gasteiger partial charge in [-0.15, -0.1) is 0 Å². The molecule has 2 N–H and O–H groups in total. The zero-order valence-corrected chi connectivity index (χ0v) is 13.2. The van der Waals surface area contributed by atoms with Gasteiger partial charge < -0.3 is 10.5 Å². The van der Waals surface area contributed by atoms with E-state index in [0.717, 1.165) is 18.9 Å². The summed E-state index contributed by atoms with van der Waals surface area (Å²) in [6.07, 6.45) is 6.04. The highest BCUT2D eigenvalue weighted by molar-refractivity contribution is 5.85. The summed E-state index contributed by atoms with van der Waals surface area (Å²) in [4.78, 5) is 19.8. The maximum absolute atomic E-state index is 10.3. The highest BCUT2D eigenvalue weighted by Gasteiger charge is 1.91. The van der Waals surface area contributed by atoms with Crippen molar-refractivity contribution < 1.29 is 14.3 Å². The third-order valence-electron chi connectivity index (χ3n) is 2.15. The largest absolute Gasteiger partial charge is 0.463 e. The van der Waals surface area contributed by atoms with E-state index >= 15 is 0 Å². The van der Waals surface area contributed by atoms with E-state index in [4.69, 9.17) is 0 Å². The maximum Gasteiger partial charge on any atom is 0.330 e. The van der Waals surface area contributed by atoms with Gasteiger partial charge in [0.25, 0.3) is 0 Å². The first-order chi connectivity index (χ1) is 10.5. The highest BCUT2D eigenvalue weighted by atomic mass is 16.5. The predicted octanol–water partition coefficient (Wildman–Crippen LogP) is 3.50. The van der Waals surface area contributed by atoms with E-state index in [-0.39, 0.29) is 5.97 Å². The first-order valence-corrected chi connectivity index (χ1v) is 6.90. The quantitative estimate of drug-likeness (QED) is 0.497. The lowest BCUT2D eigenvalue weighted by Crippen LogP contribution is -2.04. The van der Waals surface area contributed by atoms with Gasteiger partial charge >= 0.3 is 5.97 Å². The molecule has 0 saturated heterocycles. The second-order valence-corrected chi connectivity index (χ2v) is 3.95. The van der Waals surface area contributed by atoms with E-state index in [1.807, 2.05) is 43.3 Å². The van der Waals surface area contributed by atoms with E-state index in [0.29, 0.717) is 6.61 Å². The molecule has 0 radical (unpaired) electrons. The van der Waals surface area contributed by atoms with Crippen molar-refractivity contribution >= 4 is 18.0 Å². The fourth-order valence-electron chi connectivity index (χ4n) is 0.965. The number of ether oxygens (including phenoxy) is 1. The zero-order chi connectivity index (χ0) is 17.2. The average Bonchev–Trinajstić information content (AvgIpc) is 2.56.